The molecule has 19 heavy (non-hydrogen) atoms. The summed E-state index contributed by atoms with van der Waals surface area (Å²) in [4.78, 5) is 22.9. The van der Waals surface area contributed by atoms with E-state index in [9.17, 15) is 9.59 Å². The van der Waals surface area contributed by atoms with Crippen LogP contribution < -0.4 is 5.32 Å². The Balaban J connectivity index is 1.62. The molecule has 1 aromatic carbocycles. The van der Waals surface area contributed by atoms with Crippen molar-refractivity contribution in [2.75, 3.05) is 5.32 Å². The lowest BCUT2D eigenvalue weighted by Crippen LogP contribution is -2.15. The van der Waals surface area contributed by atoms with Crippen molar-refractivity contribution in [3.8, 4) is 0 Å². The third-order valence-corrected chi connectivity index (χ3v) is 4.36. The van der Waals surface area contributed by atoms with Crippen LogP contribution in [0.25, 0.3) is 0 Å². The lowest BCUT2D eigenvalue weighted by atomic mass is 10.0. The van der Waals surface area contributed by atoms with Gasteiger partial charge in [0.25, 0.3) is 0 Å². The second kappa shape index (κ2) is 4.68. The van der Waals surface area contributed by atoms with Crippen LogP contribution in [0.4, 0.5) is 5.69 Å². The summed E-state index contributed by atoms with van der Waals surface area (Å²) in [5.41, 5.74) is 0.914. The fraction of sp³-hybridized carbons (Fsp3) is 0.467. The number of anilines is 1. The van der Waals surface area contributed by atoms with Gasteiger partial charge < -0.3 is 10.4 Å². The summed E-state index contributed by atoms with van der Waals surface area (Å²) in [6.07, 6.45) is 4.86. The highest BCUT2D eigenvalue weighted by molar-refractivity contribution is 5.95. The summed E-state index contributed by atoms with van der Waals surface area (Å²) in [6.45, 7) is 0. The molecule has 4 nitrogen and oxygen atoms in total. The van der Waals surface area contributed by atoms with Gasteiger partial charge in [-0.25, -0.2) is 4.79 Å². The van der Waals surface area contributed by atoms with Crippen molar-refractivity contribution in [1.29, 1.82) is 0 Å². The molecule has 0 bridgehead atoms. The maximum absolute atomic E-state index is 12.1. The first-order valence-corrected chi connectivity index (χ1v) is 6.81. The molecule has 3 rings (SSSR count). The Morgan fingerprint density at radius 1 is 1.05 bits per heavy atom. The molecule has 0 saturated heterocycles. The molecule has 1 aromatic rings. The Bertz CT molecular complexity index is 497. The minimum atomic E-state index is -0.953. The van der Waals surface area contributed by atoms with Crippen molar-refractivity contribution in [2.24, 2.45) is 17.8 Å². The zero-order valence-corrected chi connectivity index (χ0v) is 10.6. The number of rotatable bonds is 3. The fourth-order valence-electron chi connectivity index (χ4n) is 3.30. The quantitative estimate of drug-likeness (QED) is 0.877. The molecule has 2 saturated carbocycles. The molecule has 2 N–H and O–H groups in total. The summed E-state index contributed by atoms with van der Waals surface area (Å²) in [6, 6.07) is 6.32. The van der Waals surface area contributed by atoms with E-state index in [0.717, 1.165) is 0 Å². The topological polar surface area (TPSA) is 66.4 Å². The van der Waals surface area contributed by atoms with E-state index in [2.05, 4.69) is 5.32 Å². The van der Waals surface area contributed by atoms with Crippen LogP contribution in [-0.2, 0) is 4.79 Å². The number of amides is 1. The largest absolute Gasteiger partial charge is 0.478 e. The van der Waals surface area contributed by atoms with E-state index in [0.29, 0.717) is 17.5 Å². The summed E-state index contributed by atoms with van der Waals surface area (Å²) in [7, 11) is 0. The van der Waals surface area contributed by atoms with Gasteiger partial charge in [0.15, 0.2) is 0 Å². The second-order valence-electron chi connectivity index (χ2n) is 5.51. The van der Waals surface area contributed by atoms with Crippen molar-refractivity contribution in [3.05, 3.63) is 29.8 Å². The minimum Gasteiger partial charge on any atom is -0.478 e. The molecule has 0 aliphatic heterocycles. The van der Waals surface area contributed by atoms with E-state index < -0.39 is 5.97 Å². The van der Waals surface area contributed by atoms with E-state index in [-0.39, 0.29) is 17.4 Å². The van der Waals surface area contributed by atoms with E-state index in [1.807, 2.05) is 0 Å². The van der Waals surface area contributed by atoms with Crippen LogP contribution in [0.3, 0.4) is 0 Å². The highest BCUT2D eigenvalue weighted by Crippen LogP contribution is 2.55. The molecule has 2 aliphatic rings. The average molecular weight is 259 g/mol. The molecule has 100 valence electrons. The lowest BCUT2D eigenvalue weighted by Gasteiger charge is -2.05. The van der Waals surface area contributed by atoms with Crippen molar-refractivity contribution in [3.63, 3.8) is 0 Å². The Morgan fingerprint density at radius 3 is 2.16 bits per heavy atom. The van der Waals surface area contributed by atoms with Gasteiger partial charge in [0.2, 0.25) is 5.91 Å². The summed E-state index contributed by atoms with van der Waals surface area (Å²) < 4.78 is 0. The van der Waals surface area contributed by atoms with Gasteiger partial charge >= 0.3 is 5.97 Å². The molecule has 0 heterocycles. The number of nitrogens with one attached hydrogen (secondary N) is 1. The first-order valence-electron chi connectivity index (χ1n) is 6.81. The van der Waals surface area contributed by atoms with Gasteiger partial charge in [-0.05, 0) is 48.9 Å². The molecule has 2 aliphatic carbocycles. The Hall–Kier alpha value is -1.84. The molecular weight excluding hydrogens is 242 g/mol. The van der Waals surface area contributed by atoms with E-state index >= 15 is 0 Å². The van der Waals surface area contributed by atoms with Gasteiger partial charge in [-0.2, -0.15) is 0 Å². The maximum atomic E-state index is 12.1. The smallest absolute Gasteiger partial charge is 0.335 e. The van der Waals surface area contributed by atoms with Crippen LogP contribution in [-0.4, -0.2) is 17.0 Å². The van der Waals surface area contributed by atoms with Crippen LogP contribution in [0.1, 0.15) is 36.0 Å². The Kier molecular flexibility index (Phi) is 3.01. The third-order valence-electron chi connectivity index (χ3n) is 4.36. The van der Waals surface area contributed by atoms with E-state index in [4.69, 9.17) is 5.11 Å². The standard InChI is InChI=1S/C15H17NO3/c17-14(13-11-3-1-2-4-12(11)13)16-10-7-5-9(6-8-10)15(18)19/h5-8,11-13H,1-4H2,(H,16,17)(H,18,19). The van der Waals surface area contributed by atoms with Crippen LogP contribution >= 0.6 is 0 Å². The number of carbonyl (C=O) groups excluding carboxylic acids is 1. The van der Waals surface area contributed by atoms with Gasteiger partial charge in [0, 0.05) is 11.6 Å². The van der Waals surface area contributed by atoms with Crippen LogP contribution in [0.2, 0.25) is 0 Å². The Morgan fingerprint density at radius 2 is 1.63 bits per heavy atom. The van der Waals surface area contributed by atoms with E-state index in [1.165, 1.54) is 37.8 Å². The van der Waals surface area contributed by atoms with Crippen LogP contribution in [0.5, 0.6) is 0 Å². The molecule has 2 unspecified atom stereocenters. The summed E-state index contributed by atoms with van der Waals surface area (Å²) in [5, 5.41) is 11.7. The van der Waals surface area contributed by atoms with Crippen molar-refractivity contribution >= 4 is 17.6 Å². The van der Waals surface area contributed by atoms with Crippen molar-refractivity contribution < 1.29 is 14.7 Å². The molecule has 1 amide bonds. The fourth-order valence-corrected chi connectivity index (χ4v) is 3.30. The number of fused-ring (bicyclic) bond motifs is 1. The number of carboxylic acids is 1. The van der Waals surface area contributed by atoms with Crippen molar-refractivity contribution in [2.45, 2.75) is 25.7 Å². The highest BCUT2D eigenvalue weighted by atomic mass is 16.4. The first-order chi connectivity index (χ1) is 9.16. The zero-order valence-electron chi connectivity index (χ0n) is 10.6. The van der Waals surface area contributed by atoms with Gasteiger partial charge in [-0.1, -0.05) is 12.8 Å². The molecule has 0 aromatic heterocycles. The molecule has 2 atom stereocenters. The maximum Gasteiger partial charge on any atom is 0.335 e. The monoisotopic (exact) mass is 259 g/mol. The summed E-state index contributed by atoms with van der Waals surface area (Å²) in [5.74, 6) is 0.506. The minimum absolute atomic E-state index is 0.0972. The first kappa shape index (κ1) is 12.2. The van der Waals surface area contributed by atoms with Gasteiger partial charge in [0.1, 0.15) is 0 Å². The highest BCUT2D eigenvalue weighted by Gasteiger charge is 2.54. The molecular formula is C15H17NO3. The van der Waals surface area contributed by atoms with Gasteiger partial charge in [0.05, 0.1) is 5.56 Å². The van der Waals surface area contributed by atoms with E-state index in [1.54, 1.807) is 12.1 Å². The molecule has 4 heteroatoms. The lowest BCUT2D eigenvalue weighted by molar-refractivity contribution is -0.117. The molecule has 2 fully saturated rings. The molecule has 0 spiro atoms. The second-order valence-corrected chi connectivity index (χ2v) is 5.51. The third kappa shape index (κ3) is 2.35. The number of carboxylic acid groups (broad SMARTS) is 1. The number of hydrogen-bond donors (Lipinski definition) is 2. The predicted molar refractivity (Wildman–Crippen MR) is 71.0 cm³/mol. The summed E-state index contributed by atoms with van der Waals surface area (Å²) >= 11 is 0. The number of aromatic carboxylic acids is 1. The van der Waals surface area contributed by atoms with Crippen molar-refractivity contribution in [1.82, 2.24) is 0 Å². The van der Waals surface area contributed by atoms with Gasteiger partial charge in [-0.3, -0.25) is 4.79 Å². The molecule has 0 radical (unpaired) electrons. The zero-order chi connectivity index (χ0) is 13.4. The number of benzene rings is 1. The predicted octanol–water partition coefficient (Wildman–Crippen LogP) is 2.76. The number of hydrogen-bond acceptors (Lipinski definition) is 2. The van der Waals surface area contributed by atoms with Crippen LogP contribution in [0.15, 0.2) is 24.3 Å². The average Bonchev–Trinajstić information content (AvgIpc) is 3.13. The van der Waals surface area contributed by atoms with Gasteiger partial charge in [-0.15, -0.1) is 0 Å². The SMILES string of the molecule is O=C(O)c1ccc(NC(=O)C2C3CCCCC32)cc1. The van der Waals surface area contributed by atoms with Crippen LogP contribution in [0, 0.1) is 17.8 Å². The normalized spacial score (nSPS) is 28.3. The number of carbonyl (C=O) groups is 2. The Labute approximate surface area is 111 Å².